The second-order valence-corrected chi connectivity index (χ2v) is 5.74. The Balaban J connectivity index is 1.82. The van der Waals surface area contributed by atoms with Crippen LogP contribution in [0.1, 0.15) is 15.9 Å². The molecular weight excluding hydrogens is 296 g/mol. The highest BCUT2D eigenvalue weighted by Gasteiger charge is 2.17. The largest absolute Gasteiger partial charge is 0.324 e. The molecule has 0 unspecified atom stereocenters. The number of anilines is 2. The van der Waals surface area contributed by atoms with Crippen molar-refractivity contribution in [2.45, 2.75) is 4.90 Å². The Labute approximate surface area is 132 Å². The number of thioether (sulfide) groups is 1. The van der Waals surface area contributed by atoms with Crippen LogP contribution in [0, 0.1) is 12.3 Å². The summed E-state index contributed by atoms with van der Waals surface area (Å²) < 4.78 is 0. The SMILES string of the molecule is C#Cc1cccc(NC(=O)c2ccc3c(c2)NC(=O)CS3)c1. The summed E-state index contributed by atoms with van der Waals surface area (Å²) in [5, 5.41) is 5.57. The summed E-state index contributed by atoms with van der Waals surface area (Å²) in [7, 11) is 0. The van der Waals surface area contributed by atoms with Crippen LogP contribution in [-0.2, 0) is 4.79 Å². The van der Waals surface area contributed by atoms with Gasteiger partial charge in [0.2, 0.25) is 5.91 Å². The molecule has 2 aromatic carbocycles. The van der Waals surface area contributed by atoms with Gasteiger partial charge in [-0.15, -0.1) is 18.2 Å². The topological polar surface area (TPSA) is 58.2 Å². The first-order valence-electron chi connectivity index (χ1n) is 6.60. The molecule has 0 saturated carbocycles. The molecule has 0 bridgehead atoms. The van der Waals surface area contributed by atoms with Gasteiger partial charge in [0.1, 0.15) is 0 Å². The molecule has 0 aromatic heterocycles. The van der Waals surface area contributed by atoms with Crippen LogP contribution in [0.15, 0.2) is 47.4 Å². The standard InChI is InChI=1S/C17H12N2O2S/c1-2-11-4-3-5-13(8-11)18-17(21)12-6-7-15-14(9-12)19-16(20)10-22-15/h1,3-9H,10H2,(H,18,21)(H,19,20). The first-order chi connectivity index (χ1) is 10.7. The lowest BCUT2D eigenvalue weighted by atomic mass is 10.1. The number of hydrogen-bond donors (Lipinski definition) is 2. The lowest BCUT2D eigenvalue weighted by molar-refractivity contribution is -0.113. The number of fused-ring (bicyclic) bond motifs is 1. The van der Waals surface area contributed by atoms with Crippen LogP contribution < -0.4 is 10.6 Å². The van der Waals surface area contributed by atoms with Gasteiger partial charge in [0, 0.05) is 21.7 Å². The molecule has 0 aliphatic carbocycles. The molecule has 108 valence electrons. The van der Waals surface area contributed by atoms with Crippen LogP contribution in [0.25, 0.3) is 0 Å². The summed E-state index contributed by atoms with van der Waals surface area (Å²) in [4.78, 5) is 24.7. The lowest BCUT2D eigenvalue weighted by Crippen LogP contribution is -2.19. The van der Waals surface area contributed by atoms with Crippen molar-refractivity contribution in [1.29, 1.82) is 0 Å². The molecule has 3 rings (SSSR count). The molecule has 1 aliphatic heterocycles. The van der Waals surface area contributed by atoms with Gasteiger partial charge in [-0.3, -0.25) is 9.59 Å². The lowest BCUT2D eigenvalue weighted by Gasteiger charge is -2.17. The Bertz CT molecular complexity index is 809. The summed E-state index contributed by atoms with van der Waals surface area (Å²) in [5.74, 6) is 2.62. The van der Waals surface area contributed by atoms with Crippen molar-refractivity contribution in [3.05, 3.63) is 53.6 Å². The Morgan fingerprint density at radius 3 is 2.95 bits per heavy atom. The Kier molecular flexibility index (Phi) is 3.86. The minimum absolute atomic E-state index is 0.0585. The van der Waals surface area contributed by atoms with Crippen molar-refractivity contribution in [2.24, 2.45) is 0 Å². The van der Waals surface area contributed by atoms with Crippen molar-refractivity contribution < 1.29 is 9.59 Å². The third kappa shape index (κ3) is 2.97. The van der Waals surface area contributed by atoms with Crippen LogP contribution in [0.5, 0.6) is 0 Å². The fourth-order valence-electron chi connectivity index (χ4n) is 2.11. The second kappa shape index (κ2) is 5.96. The smallest absolute Gasteiger partial charge is 0.255 e. The Hall–Kier alpha value is -2.71. The molecule has 2 amide bonds. The summed E-state index contributed by atoms with van der Waals surface area (Å²) >= 11 is 1.46. The molecular formula is C17H12N2O2S. The van der Waals surface area contributed by atoms with E-state index in [4.69, 9.17) is 6.42 Å². The number of nitrogens with one attached hydrogen (secondary N) is 2. The monoisotopic (exact) mass is 308 g/mol. The van der Waals surface area contributed by atoms with Gasteiger partial charge < -0.3 is 10.6 Å². The second-order valence-electron chi connectivity index (χ2n) is 4.73. The highest BCUT2D eigenvalue weighted by molar-refractivity contribution is 8.00. The highest BCUT2D eigenvalue weighted by atomic mass is 32.2. The normalized spacial score (nSPS) is 12.8. The molecule has 5 heteroatoms. The van der Waals surface area contributed by atoms with E-state index in [0.29, 0.717) is 28.3 Å². The zero-order valence-electron chi connectivity index (χ0n) is 11.6. The minimum Gasteiger partial charge on any atom is -0.324 e. The zero-order valence-corrected chi connectivity index (χ0v) is 12.4. The third-order valence-electron chi connectivity index (χ3n) is 3.16. The van der Waals surface area contributed by atoms with Crippen molar-refractivity contribution in [3.63, 3.8) is 0 Å². The fraction of sp³-hybridized carbons (Fsp3) is 0.0588. The van der Waals surface area contributed by atoms with Gasteiger partial charge in [-0.1, -0.05) is 12.0 Å². The van der Waals surface area contributed by atoms with Gasteiger partial charge in [0.15, 0.2) is 0 Å². The van der Waals surface area contributed by atoms with Gasteiger partial charge >= 0.3 is 0 Å². The van der Waals surface area contributed by atoms with Crippen LogP contribution in [0.2, 0.25) is 0 Å². The molecule has 2 aromatic rings. The predicted octanol–water partition coefficient (Wildman–Crippen LogP) is 2.96. The van der Waals surface area contributed by atoms with Crippen LogP contribution in [-0.4, -0.2) is 17.6 Å². The van der Waals surface area contributed by atoms with Crippen LogP contribution >= 0.6 is 11.8 Å². The molecule has 0 saturated heterocycles. The first-order valence-corrected chi connectivity index (χ1v) is 7.59. The average molecular weight is 308 g/mol. The average Bonchev–Trinajstić information content (AvgIpc) is 2.54. The molecule has 0 radical (unpaired) electrons. The summed E-state index contributed by atoms with van der Waals surface area (Å²) in [6.07, 6.45) is 5.34. The summed E-state index contributed by atoms with van der Waals surface area (Å²) in [6, 6.07) is 12.3. The van der Waals surface area contributed by atoms with Crippen molar-refractivity contribution >= 4 is 35.0 Å². The minimum atomic E-state index is -0.248. The number of benzene rings is 2. The number of carbonyl (C=O) groups excluding carboxylic acids is 2. The van der Waals surface area contributed by atoms with E-state index in [1.54, 1.807) is 36.4 Å². The van der Waals surface area contributed by atoms with Gasteiger partial charge in [0.05, 0.1) is 11.4 Å². The third-order valence-corrected chi connectivity index (χ3v) is 4.24. The predicted molar refractivity (Wildman–Crippen MR) is 88.1 cm³/mol. The Morgan fingerprint density at radius 1 is 1.27 bits per heavy atom. The maximum Gasteiger partial charge on any atom is 0.255 e. The highest BCUT2D eigenvalue weighted by Crippen LogP contribution is 2.32. The van der Waals surface area contributed by atoms with E-state index in [-0.39, 0.29) is 11.8 Å². The molecule has 0 fully saturated rings. The summed E-state index contributed by atoms with van der Waals surface area (Å²) in [5.41, 5.74) is 2.49. The molecule has 22 heavy (non-hydrogen) atoms. The van der Waals surface area contributed by atoms with E-state index in [1.165, 1.54) is 11.8 Å². The quantitative estimate of drug-likeness (QED) is 0.839. The number of hydrogen-bond acceptors (Lipinski definition) is 3. The van der Waals surface area contributed by atoms with Gasteiger partial charge in [-0.2, -0.15) is 0 Å². The van der Waals surface area contributed by atoms with Gasteiger partial charge in [0.25, 0.3) is 5.91 Å². The fourth-order valence-corrected chi connectivity index (χ4v) is 2.90. The molecule has 1 heterocycles. The van der Waals surface area contributed by atoms with E-state index < -0.39 is 0 Å². The Morgan fingerprint density at radius 2 is 2.14 bits per heavy atom. The maximum absolute atomic E-state index is 12.3. The van der Waals surface area contributed by atoms with E-state index >= 15 is 0 Å². The summed E-state index contributed by atoms with van der Waals surface area (Å²) in [6.45, 7) is 0. The first kappa shape index (κ1) is 14.2. The number of amides is 2. The molecule has 1 aliphatic rings. The molecule has 0 spiro atoms. The van der Waals surface area contributed by atoms with Crippen molar-refractivity contribution in [1.82, 2.24) is 0 Å². The number of rotatable bonds is 2. The zero-order chi connectivity index (χ0) is 15.5. The van der Waals surface area contributed by atoms with E-state index in [1.807, 2.05) is 6.07 Å². The van der Waals surface area contributed by atoms with E-state index in [9.17, 15) is 9.59 Å². The molecule has 2 N–H and O–H groups in total. The maximum atomic E-state index is 12.3. The van der Waals surface area contributed by atoms with Gasteiger partial charge in [-0.05, 0) is 36.4 Å². The molecule has 4 nitrogen and oxygen atoms in total. The molecule has 0 atom stereocenters. The number of carbonyl (C=O) groups is 2. The van der Waals surface area contributed by atoms with E-state index in [2.05, 4.69) is 16.6 Å². The van der Waals surface area contributed by atoms with Crippen molar-refractivity contribution in [2.75, 3.05) is 16.4 Å². The van der Waals surface area contributed by atoms with Crippen LogP contribution in [0.3, 0.4) is 0 Å². The van der Waals surface area contributed by atoms with Crippen molar-refractivity contribution in [3.8, 4) is 12.3 Å². The van der Waals surface area contributed by atoms with E-state index in [0.717, 1.165) is 4.90 Å². The van der Waals surface area contributed by atoms with Crippen LogP contribution in [0.4, 0.5) is 11.4 Å². The van der Waals surface area contributed by atoms with Gasteiger partial charge in [-0.25, -0.2) is 0 Å². The number of terminal acetylenes is 1.